The van der Waals surface area contributed by atoms with Crippen LogP contribution in [0.2, 0.25) is 0 Å². The number of hydrogen-bond acceptors (Lipinski definition) is 4. The van der Waals surface area contributed by atoms with Crippen molar-refractivity contribution in [2.24, 2.45) is 5.41 Å². The highest BCUT2D eigenvalue weighted by Crippen LogP contribution is 2.14. The monoisotopic (exact) mass is 291 g/mol. The molecule has 0 unspecified atom stereocenters. The third-order valence-corrected chi connectivity index (χ3v) is 2.52. The fraction of sp³-hybridized carbons (Fsp3) is 0.692. The minimum atomic E-state index is -0.786. The van der Waals surface area contributed by atoms with Crippen LogP contribution in [-0.4, -0.2) is 48.1 Å². The first-order chi connectivity index (χ1) is 8.68. The van der Waals surface area contributed by atoms with Crippen LogP contribution in [0.3, 0.4) is 0 Å². The maximum atomic E-state index is 10.8. The van der Waals surface area contributed by atoms with Crippen LogP contribution in [0, 0.1) is 5.41 Å². The molecule has 0 saturated heterocycles. The number of aliphatic carboxylic acids is 1. The molecule has 1 heterocycles. The highest BCUT2D eigenvalue weighted by atomic mass is 35.5. The summed E-state index contributed by atoms with van der Waals surface area (Å²) >= 11 is 5.16. The maximum Gasteiger partial charge on any atom is 0.332 e. The Morgan fingerprint density at radius 3 is 2.32 bits per heavy atom. The van der Waals surface area contributed by atoms with Gasteiger partial charge in [0.15, 0.2) is 6.07 Å². The lowest BCUT2D eigenvalue weighted by molar-refractivity contribution is -0.150. The van der Waals surface area contributed by atoms with E-state index in [1.807, 2.05) is 11.9 Å². The largest absolute Gasteiger partial charge is 0.478 e. The molecule has 0 saturated carbocycles. The Labute approximate surface area is 119 Å². The number of carboxylic acids is 1. The van der Waals surface area contributed by atoms with Crippen molar-refractivity contribution in [1.82, 2.24) is 4.90 Å². The van der Waals surface area contributed by atoms with Gasteiger partial charge in [-0.25, -0.2) is 4.79 Å². The number of halogens is 1. The van der Waals surface area contributed by atoms with Crippen molar-refractivity contribution in [3.63, 3.8) is 0 Å². The van der Waals surface area contributed by atoms with E-state index >= 15 is 0 Å². The summed E-state index contributed by atoms with van der Waals surface area (Å²) in [6.07, 6.45) is 2.65. The van der Waals surface area contributed by atoms with Crippen molar-refractivity contribution in [2.45, 2.75) is 27.2 Å². The Morgan fingerprint density at radius 1 is 1.47 bits per heavy atom. The van der Waals surface area contributed by atoms with Crippen LogP contribution in [0.4, 0.5) is 0 Å². The van der Waals surface area contributed by atoms with Crippen LogP contribution < -0.4 is 0 Å². The lowest BCUT2D eigenvalue weighted by Crippen LogP contribution is -2.28. The summed E-state index contributed by atoms with van der Waals surface area (Å²) in [7, 11) is 1.93. The zero-order chi connectivity index (χ0) is 15.1. The van der Waals surface area contributed by atoms with Crippen LogP contribution in [0.15, 0.2) is 11.6 Å². The number of ether oxygens (including phenoxy) is 1. The fourth-order valence-electron chi connectivity index (χ4n) is 1.31. The van der Waals surface area contributed by atoms with Crippen molar-refractivity contribution in [3.05, 3.63) is 11.6 Å². The summed E-state index contributed by atoms with van der Waals surface area (Å²) < 4.78 is 4.53. The molecule has 6 heteroatoms. The molecule has 0 bridgehead atoms. The van der Waals surface area contributed by atoms with E-state index in [1.165, 1.54) is 0 Å². The van der Waals surface area contributed by atoms with Crippen LogP contribution >= 0.6 is 11.6 Å². The lowest BCUT2D eigenvalue weighted by Gasteiger charge is -2.20. The molecule has 5 nitrogen and oxygen atoms in total. The molecule has 0 fully saturated rings. The minimum absolute atomic E-state index is 0.0594. The predicted octanol–water partition coefficient (Wildman–Crippen LogP) is 2.10. The molecule has 1 rings (SSSR count). The zero-order valence-electron chi connectivity index (χ0n) is 11.9. The second kappa shape index (κ2) is 8.17. The Morgan fingerprint density at radius 2 is 2.05 bits per heavy atom. The third-order valence-electron chi connectivity index (χ3n) is 2.41. The smallest absolute Gasteiger partial charge is 0.332 e. The molecule has 0 spiro atoms. The first kappa shape index (κ1) is 17.9. The number of likely N-dealkylation sites (N-methyl/N-ethyl adjacent to an activating group) is 1. The average Bonchev–Trinajstić information content (AvgIpc) is 2.29. The molecule has 0 aromatic rings. The van der Waals surface area contributed by atoms with Crippen LogP contribution in [0.5, 0.6) is 0 Å². The Hall–Kier alpha value is -1.07. The number of carbonyl (C=O) groups excluding carboxylic acids is 1. The number of esters is 1. The highest BCUT2D eigenvalue weighted by molar-refractivity contribution is 6.17. The van der Waals surface area contributed by atoms with Gasteiger partial charge in [0.1, 0.15) is 0 Å². The number of rotatable bonds is 2. The second-order valence-electron chi connectivity index (χ2n) is 5.35. The van der Waals surface area contributed by atoms with E-state index in [1.54, 1.807) is 26.8 Å². The number of carbonyl (C=O) groups is 2. The van der Waals surface area contributed by atoms with E-state index in [-0.39, 0.29) is 12.0 Å². The summed E-state index contributed by atoms with van der Waals surface area (Å²) in [5, 5.41) is 8.56. The normalized spacial score (nSPS) is 15.9. The zero-order valence-corrected chi connectivity index (χ0v) is 12.7. The Balaban J connectivity index is 0.000000344. The minimum Gasteiger partial charge on any atom is -0.478 e. The quantitative estimate of drug-likeness (QED) is 0.623. The van der Waals surface area contributed by atoms with Crippen molar-refractivity contribution in [1.29, 1.82) is 0 Å². The summed E-state index contributed by atoms with van der Waals surface area (Å²) in [4.78, 5) is 23.2. The van der Waals surface area contributed by atoms with Gasteiger partial charge in [0.25, 0.3) is 0 Å². The van der Waals surface area contributed by atoms with Gasteiger partial charge in [-0.2, -0.15) is 0 Å². The molecule has 1 aliphatic heterocycles. The van der Waals surface area contributed by atoms with Gasteiger partial charge in [-0.05, 0) is 34.2 Å². The number of alkyl halides is 1. The van der Waals surface area contributed by atoms with Crippen molar-refractivity contribution in [3.8, 4) is 0 Å². The van der Waals surface area contributed by atoms with Gasteiger partial charge in [0.2, 0.25) is 0 Å². The molecule has 0 atom stereocenters. The first-order valence-corrected chi connectivity index (χ1v) is 6.56. The average molecular weight is 292 g/mol. The van der Waals surface area contributed by atoms with E-state index in [0.29, 0.717) is 12.1 Å². The van der Waals surface area contributed by atoms with Crippen molar-refractivity contribution < 1.29 is 19.4 Å². The molecule has 0 radical (unpaired) electrons. The van der Waals surface area contributed by atoms with E-state index in [4.69, 9.17) is 16.7 Å². The second-order valence-corrected chi connectivity index (χ2v) is 5.57. The van der Waals surface area contributed by atoms with Crippen molar-refractivity contribution >= 4 is 23.5 Å². The molecular formula is C13H22ClNO4. The molecule has 0 amide bonds. The maximum absolute atomic E-state index is 10.8. The van der Waals surface area contributed by atoms with Crippen LogP contribution in [0.1, 0.15) is 27.2 Å². The third kappa shape index (κ3) is 7.85. The Bertz CT molecular complexity index is 347. The molecule has 110 valence electrons. The molecule has 0 aromatic carbocycles. The fourth-order valence-corrected chi connectivity index (χ4v) is 1.41. The number of nitrogens with zero attached hydrogens (tertiary/aromatic N) is 1. The molecule has 19 heavy (non-hydrogen) atoms. The van der Waals surface area contributed by atoms with Gasteiger partial charge in [-0.3, -0.25) is 4.79 Å². The molecular weight excluding hydrogens is 270 g/mol. The highest BCUT2D eigenvalue weighted by Gasteiger charge is 2.22. The molecule has 0 aromatic heterocycles. The molecule has 1 N–H and O–H groups in total. The summed E-state index contributed by atoms with van der Waals surface area (Å²) in [5.41, 5.74) is 0.0864. The Kier molecular flexibility index (Phi) is 7.71. The van der Waals surface area contributed by atoms with Gasteiger partial charge in [-0.1, -0.05) is 17.7 Å². The van der Waals surface area contributed by atoms with Crippen molar-refractivity contribution in [2.75, 3.05) is 26.2 Å². The van der Waals surface area contributed by atoms with E-state index in [0.717, 1.165) is 13.0 Å². The number of carboxylic acid groups (broad SMARTS) is 1. The molecule has 0 aliphatic carbocycles. The number of hydrogen-bond donors (Lipinski definition) is 1. The van der Waals surface area contributed by atoms with Crippen LogP contribution in [-0.2, 0) is 14.3 Å². The van der Waals surface area contributed by atoms with Gasteiger partial charge >= 0.3 is 11.9 Å². The van der Waals surface area contributed by atoms with Crippen LogP contribution in [0.25, 0.3) is 0 Å². The summed E-state index contributed by atoms with van der Waals surface area (Å²) in [6, 6.07) is -0.0594. The lowest BCUT2D eigenvalue weighted by atomic mass is 9.98. The summed E-state index contributed by atoms with van der Waals surface area (Å²) in [6.45, 7) is 6.89. The standard InChI is InChI=1S/C7H11NO2.C6H11ClO2/c1-8-4-2-3-6(5-8)7(9)10;1-6(2,3)5(8)9-4-7/h3H,2,4-5H2,1H3,(H,9,10);4H2,1-3H3. The first-order valence-electron chi connectivity index (χ1n) is 6.02. The van der Waals surface area contributed by atoms with Gasteiger partial charge in [-0.15, -0.1) is 0 Å². The SMILES string of the molecule is CC(C)(C)C(=O)OCCl.CN1CCC=C(C(=O)O)C1. The molecule has 1 aliphatic rings. The van der Waals surface area contributed by atoms with E-state index < -0.39 is 11.4 Å². The van der Waals surface area contributed by atoms with E-state index in [2.05, 4.69) is 4.74 Å². The summed E-state index contributed by atoms with van der Waals surface area (Å²) in [5.74, 6) is -1.05. The topological polar surface area (TPSA) is 66.8 Å². The van der Waals surface area contributed by atoms with E-state index in [9.17, 15) is 9.59 Å². The van der Waals surface area contributed by atoms with Gasteiger partial charge in [0.05, 0.1) is 5.41 Å². The predicted molar refractivity (Wildman–Crippen MR) is 74.1 cm³/mol. The van der Waals surface area contributed by atoms with Gasteiger partial charge < -0.3 is 14.7 Å². The van der Waals surface area contributed by atoms with Gasteiger partial charge in [0, 0.05) is 18.7 Å².